The Hall–Kier alpha value is -2.54. The van der Waals surface area contributed by atoms with Gasteiger partial charge in [0.05, 0.1) is 12.6 Å². The number of carbonyl (C=O) groups is 1. The number of ketones is 1. The molecule has 0 aromatic carbocycles. The summed E-state index contributed by atoms with van der Waals surface area (Å²) in [5.74, 6) is 2.15. The van der Waals surface area contributed by atoms with E-state index in [2.05, 4.69) is 25.8 Å². The molecular weight excluding hydrogens is 380 g/mol. The van der Waals surface area contributed by atoms with Crippen molar-refractivity contribution < 1.29 is 14.6 Å². The van der Waals surface area contributed by atoms with Gasteiger partial charge in [0.25, 0.3) is 0 Å². The predicted molar refractivity (Wildman–Crippen MR) is 117 cm³/mol. The first-order valence-corrected chi connectivity index (χ1v) is 10.5. The lowest BCUT2D eigenvalue weighted by Gasteiger charge is -2.23. The van der Waals surface area contributed by atoms with Gasteiger partial charge in [0.1, 0.15) is 23.9 Å². The zero-order valence-electron chi connectivity index (χ0n) is 18.6. The van der Waals surface area contributed by atoms with E-state index in [0.29, 0.717) is 30.2 Å². The first kappa shape index (κ1) is 22.2. The number of ether oxygens (including phenoxy) is 1. The van der Waals surface area contributed by atoms with Crippen molar-refractivity contribution in [1.29, 1.82) is 0 Å². The van der Waals surface area contributed by atoms with Crippen molar-refractivity contribution in [1.82, 2.24) is 15.0 Å². The Labute approximate surface area is 178 Å². The van der Waals surface area contributed by atoms with Gasteiger partial charge in [-0.25, -0.2) is 9.97 Å². The lowest BCUT2D eigenvalue weighted by Crippen LogP contribution is -2.30. The maximum atomic E-state index is 12.5. The van der Waals surface area contributed by atoms with Gasteiger partial charge in [0.15, 0.2) is 11.6 Å². The molecule has 0 radical (unpaired) electrons. The van der Waals surface area contributed by atoms with Crippen LogP contribution >= 0.6 is 0 Å². The number of aromatic nitrogens is 3. The first-order valence-electron chi connectivity index (χ1n) is 10.5. The van der Waals surface area contributed by atoms with Crippen LogP contribution in [0.2, 0.25) is 0 Å². The number of fused-ring (bicyclic) bond motifs is 1. The van der Waals surface area contributed by atoms with Crippen LogP contribution in [0.5, 0.6) is 5.75 Å². The summed E-state index contributed by atoms with van der Waals surface area (Å²) >= 11 is 0. The van der Waals surface area contributed by atoms with E-state index in [1.807, 2.05) is 11.9 Å². The van der Waals surface area contributed by atoms with Gasteiger partial charge in [-0.1, -0.05) is 20.8 Å². The van der Waals surface area contributed by atoms with E-state index in [4.69, 9.17) is 14.7 Å². The van der Waals surface area contributed by atoms with Crippen molar-refractivity contribution in [2.75, 3.05) is 25.1 Å². The van der Waals surface area contributed by atoms with Crippen LogP contribution in [-0.2, 0) is 17.6 Å². The fraction of sp³-hybridized carbons (Fsp3) is 0.565. The Morgan fingerprint density at radius 2 is 2.07 bits per heavy atom. The number of likely N-dealkylation sites (N-methyl/N-ethyl adjacent to an activating group) is 1. The second-order valence-electron chi connectivity index (χ2n) is 9.32. The van der Waals surface area contributed by atoms with E-state index in [1.165, 1.54) is 0 Å². The van der Waals surface area contributed by atoms with Gasteiger partial charge < -0.3 is 14.7 Å². The number of anilines is 1. The van der Waals surface area contributed by atoms with E-state index in [-0.39, 0.29) is 17.8 Å². The number of hydrogen-bond acceptors (Lipinski definition) is 7. The maximum absolute atomic E-state index is 12.5. The van der Waals surface area contributed by atoms with Crippen molar-refractivity contribution in [3.63, 3.8) is 0 Å². The molecule has 1 aliphatic rings. The quantitative estimate of drug-likeness (QED) is 0.712. The van der Waals surface area contributed by atoms with Crippen LogP contribution in [0.15, 0.2) is 18.3 Å². The monoisotopic (exact) mass is 412 g/mol. The average Bonchev–Trinajstić information content (AvgIpc) is 3.12. The van der Waals surface area contributed by atoms with Gasteiger partial charge in [0, 0.05) is 37.0 Å². The van der Waals surface area contributed by atoms with E-state index < -0.39 is 6.10 Å². The summed E-state index contributed by atoms with van der Waals surface area (Å²) < 4.78 is 5.60. The summed E-state index contributed by atoms with van der Waals surface area (Å²) in [7, 11) is 1.92. The molecule has 0 spiro atoms. The third-order valence-electron chi connectivity index (χ3n) is 4.87. The van der Waals surface area contributed by atoms with Crippen LogP contribution < -0.4 is 9.64 Å². The molecule has 7 heteroatoms. The van der Waals surface area contributed by atoms with Gasteiger partial charge in [-0.3, -0.25) is 9.78 Å². The van der Waals surface area contributed by atoms with Crippen LogP contribution in [0.3, 0.4) is 0 Å². The van der Waals surface area contributed by atoms with Crippen LogP contribution in [0.1, 0.15) is 51.8 Å². The van der Waals surface area contributed by atoms with Crippen molar-refractivity contribution in [2.45, 2.75) is 59.5 Å². The van der Waals surface area contributed by atoms with Crippen LogP contribution in [0.4, 0.5) is 5.82 Å². The summed E-state index contributed by atoms with van der Waals surface area (Å²) in [6.45, 7) is 8.43. The minimum Gasteiger partial charge on any atom is -0.491 e. The standard InChI is InChI=1S/C23H32N4O3/c1-15(28)14-30-17-9-10-24-20(11-17)21-25-19-8-6-7-18(19)22(26-21)27(5)13-16(29)12-23(2,3)4/h9-11,15,28H,6-8,12-14H2,1-5H3/t15-/m0/s1. The van der Waals surface area contributed by atoms with Crippen molar-refractivity contribution in [2.24, 2.45) is 5.41 Å². The highest BCUT2D eigenvalue weighted by Crippen LogP contribution is 2.31. The van der Waals surface area contributed by atoms with Gasteiger partial charge in [0.2, 0.25) is 0 Å². The van der Waals surface area contributed by atoms with E-state index in [9.17, 15) is 9.90 Å². The number of hydrogen-bond donors (Lipinski definition) is 1. The molecule has 2 heterocycles. The molecular formula is C23H32N4O3. The third kappa shape index (κ3) is 5.75. The normalized spacial score (nSPS) is 14.3. The summed E-state index contributed by atoms with van der Waals surface area (Å²) in [5, 5.41) is 9.45. The molecule has 3 rings (SSSR count). The molecule has 7 nitrogen and oxygen atoms in total. The highest BCUT2D eigenvalue weighted by atomic mass is 16.5. The summed E-state index contributed by atoms with van der Waals surface area (Å²) in [4.78, 5) is 28.4. The molecule has 0 unspecified atom stereocenters. The molecule has 0 saturated heterocycles. The molecule has 0 aliphatic heterocycles. The van der Waals surface area contributed by atoms with Crippen molar-refractivity contribution in [3.05, 3.63) is 29.6 Å². The third-order valence-corrected chi connectivity index (χ3v) is 4.87. The van der Waals surface area contributed by atoms with Gasteiger partial charge in [-0.05, 0) is 37.7 Å². The molecule has 0 amide bonds. The Morgan fingerprint density at radius 1 is 1.30 bits per heavy atom. The van der Waals surface area contributed by atoms with Gasteiger partial charge >= 0.3 is 0 Å². The minimum absolute atomic E-state index is 0.0346. The Morgan fingerprint density at radius 3 is 2.77 bits per heavy atom. The number of rotatable bonds is 8. The van der Waals surface area contributed by atoms with Crippen molar-refractivity contribution >= 4 is 11.6 Å². The molecule has 30 heavy (non-hydrogen) atoms. The second kappa shape index (κ2) is 9.08. The number of aliphatic hydroxyl groups excluding tert-OH is 1. The SMILES string of the molecule is C[C@H](O)COc1ccnc(-c2nc3c(c(N(C)CC(=O)CC(C)(C)C)n2)CCC3)c1. The molecule has 162 valence electrons. The molecule has 1 atom stereocenters. The molecule has 1 aliphatic carbocycles. The number of pyridine rings is 1. The van der Waals surface area contributed by atoms with Crippen LogP contribution in [0.25, 0.3) is 11.5 Å². The average molecular weight is 413 g/mol. The second-order valence-corrected chi connectivity index (χ2v) is 9.32. The van der Waals surface area contributed by atoms with Crippen LogP contribution in [0, 0.1) is 5.41 Å². The molecule has 0 fully saturated rings. The Bertz CT molecular complexity index is 906. The minimum atomic E-state index is -0.552. The highest BCUT2D eigenvalue weighted by molar-refractivity contribution is 5.84. The number of Topliss-reactive ketones (excluding diaryl/α,β-unsaturated/α-hetero) is 1. The lowest BCUT2D eigenvalue weighted by molar-refractivity contribution is -0.119. The zero-order valence-corrected chi connectivity index (χ0v) is 18.6. The van der Waals surface area contributed by atoms with E-state index in [1.54, 1.807) is 25.3 Å². The lowest BCUT2D eigenvalue weighted by atomic mass is 9.90. The van der Waals surface area contributed by atoms with E-state index >= 15 is 0 Å². The molecule has 2 aromatic heterocycles. The van der Waals surface area contributed by atoms with Crippen molar-refractivity contribution in [3.8, 4) is 17.3 Å². The largest absolute Gasteiger partial charge is 0.491 e. The summed E-state index contributed by atoms with van der Waals surface area (Å²) in [5.41, 5.74) is 2.74. The number of carbonyl (C=O) groups excluding carboxylic acids is 1. The molecule has 0 bridgehead atoms. The maximum Gasteiger partial charge on any atom is 0.180 e. The zero-order chi connectivity index (χ0) is 21.9. The van der Waals surface area contributed by atoms with E-state index in [0.717, 1.165) is 36.3 Å². The summed E-state index contributed by atoms with van der Waals surface area (Å²) in [6.07, 6.45) is 4.49. The number of nitrogens with zero attached hydrogens (tertiary/aromatic N) is 4. The van der Waals surface area contributed by atoms with Gasteiger partial charge in [-0.15, -0.1) is 0 Å². The molecule has 1 N–H and O–H groups in total. The number of aliphatic hydroxyl groups is 1. The summed E-state index contributed by atoms with van der Waals surface area (Å²) in [6, 6.07) is 3.53. The fourth-order valence-corrected chi connectivity index (χ4v) is 3.67. The number of aryl methyl sites for hydroxylation is 1. The smallest absolute Gasteiger partial charge is 0.180 e. The van der Waals surface area contributed by atoms with Crippen LogP contribution in [-0.4, -0.2) is 52.1 Å². The Balaban J connectivity index is 1.88. The topological polar surface area (TPSA) is 88.4 Å². The van der Waals surface area contributed by atoms with Gasteiger partial charge in [-0.2, -0.15) is 0 Å². The molecule has 2 aromatic rings. The fourth-order valence-electron chi connectivity index (χ4n) is 3.67. The highest BCUT2D eigenvalue weighted by Gasteiger charge is 2.24. The molecule has 0 saturated carbocycles. The first-order chi connectivity index (χ1) is 14.1. The Kier molecular flexibility index (Phi) is 6.71. The predicted octanol–water partition coefficient (Wildman–Crippen LogP) is 3.23.